The van der Waals surface area contributed by atoms with Crippen LogP contribution in [0.25, 0.3) is 0 Å². The molecule has 1 aromatic rings. The van der Waals surface area contributed by atoms with Crippen molar-refractivity contribution in [3.63, 3.8) is 0 Å². The van der Waals surface area contributed by atoms with Crippen LogP contribution < -0.4 is 0 Å². The van der Waals surface area contributed by atoms with E-state index in [1.54, 1.807) is 0 Å². The van der Waals surface area contributed by atoms with Crippen molar-refractivity contribution in [3.05, 3.63) is 33.8 Å². The van der Waals surface area contributed by atoms with Crippen LogP contribution in [-0.2, 0) is 6.42 Å². The summed E-state index contributed by atoms with van der Waals surface area (Å²) in [5.74, 6) is 0. The summed E-state index contributed by atoms with van der Waals surface area (Å²) >= 11 is 11.3. The van der Waals surface area contributed by atoms with Crippen LogP contribution in [0, 0.1) is 0 Å². The van der Waals surface area contributed by atoms with E-state index in [-0.39, 0.29) is 15.6 Å². The number of halogens is 5. The third-order valence-corrected chi connectivity index (χ3v) is 2.55. The molecule has 0 aliphatic heterocycles. The molecule has 0 saturated carbocycles. The summed E-state index contributed by atoms with van der Waals surface area (Å²) in [6.07, 6.45) is -7.75. The lowest BCUT2D eigenvalue weighted by atomic mass is 10.1. The Morgan fingerprint density at radius 1 is 1.20 bits per heavy atom. The van der Waals surface area contributed by atoms with Gasteiger partial charge in [0.15, 0.2) is 6.10 Å². The third kappa shape index (κ3) is 3.26. The fraction of sp³-hybridized carbons (Fsp3) is 0.333. The molecule has 0 aliphatic carbocycles. The summed E-state index contributed by atoms with van der Waals surface area (Å²) in [4.78, 5) is 0. The highest BCUT2D eigenvalue weighted by Crippen LogP contribution is 2.29. The normalized spacial score (nSPS) is 14.0. The van der Waals surface area contributed by atoms with E-state index in [0.29, 0.717) is 0 Å². The molecule has 1 unspecified atom stereocenters. The maximum Gasteiger partial charge on any atom is 0.414 e. The molecule has 0 amide bonds. The van der Waals surface area contributed by atoms with E-state index in [9.17, 15) is 13.2 Å². The molecule has 1 N–H and O–H groups in total. The lowest BCUT2D eigenvalue weighted by Crippen LogP contribution is -2.30. The second kappa shape index (κ2) is 4.60. The van der Waals surface area contributed by atoms with Crippen LogP contribution in [0.5, 0.6) is 0 Å². The van der Waals surface area contributed by atoms with E-state index < -0.39 is 18.7 Å². The Kier molecular flexibility index (Phi) is 3.87. The number of hydrogen-bond acceptors (Lipinski definition) is 1. The number of rotatable bonds is 2. The van der Waals surface area contributed by atoms with Crippen LogP contribution in [0.15, 0.2) is 18.2 Å². The van der Waals surface area contributed by atoms with Gasteiger partial charge in [-0.25, -0.2) is 0 Å². The fourth-order valence-corrected chi connectivity index (χ4v) is 1.59. The fourth-order valence-electron chi connectivity index (χ4n) is 1.04. The summed E-state index contributed by atoms with van der Waals surface area (Å²) in [5.41, 5.74) is 0.102. The van der Waals surface area contributed by atoms with Crippen molar-refractivity contribution in [2.24, 2.45) is 0 Å². The van der Waals surface area contributed by atoms with Crippen molar-refractivity contribution in [3.8, 4) is 0 Å². The first-order valence-electron chi connectivity index (χ1n) is 4.00. The van der Waals surface area contributed by atoms with Crippen LogP contribution in [-0.4, -0.2) is 17.4 Å². The molecule has 1 nitrogen and oxygen atoms in total. The minimum absolute atomic E-state index is 0.102. The lowest BCUT2D eigenvalue weighted by Gasteiger charge is -2.15. The highest BCUT2D eigenvalue weighted by Gasteiger charge is 2.38. The summed E-state index contributed by atoms with van der Waals surface area (Å²) in [7, 11) is 0. The van der Waals surface area contributed by atoms with Gasteiger partial charge in [0.05, 0.1) is 0 Å². The van der Waals surface area contributed by atoms with Crippen molar-refractivity contribution in [2.45, 2.75) is 18.7 Å². The monoisotopic (exact) mass is 258 g/mol. The predicted octanol–water partition coefficient (Wildman–Crippen LogP) is 3.46. The van der Waals surface area contributed by atoms with Gasteiger partial charge in [-0.05, 0) is 17.7 Å². The Balaban J connectivity index is 2.90. The molecule has 0 heterocycles. The van der Waals surface area contributed by atoms with Crippen LogP contribution in [0.1, 0.15) is 5.56 Å². The molecule has 0 aliphatic rings. The molecule has 1 rings (SSSR count). The lowest BCUT2D eigenvalue weighted by molar-refractivity contribution is -0.203. The first-order valence-corrected chi connectivity index (χ1v) is 4.75. The maximum absolute atomic E-state index is 12.1. The standard InChI is InChI=1S/C9H7Cl2F3O/c10-6-2-1-3-7(11)5(6)4-8(15)9(12,13)14/h1-3,8,15H,4H2. The van der Waals surface area contributed by atoms with E-state index in [1.165, 1.54) is 18.2 Å². The summed E-state index contributed by atoms with van der Waals surface area (Å²) in [5, 5.41) is 9.08. The van der Waals surface area contributed by atoms with Crippen LogP contribution in [0.3, 0.4) is 0 Å². The van der Waals surface area contributed by atoms with Gasteiger partial charge in [0.1, 0.15) is 0 Å². The van der Waals surface area contributed by atoms with Gasteiger partial charge in [-0.15, -0.1) is 0 Å². The molecule has 0 fully saturated rings. The Labute approximate surface area is 94.4 Å². The van der Waals surface area contributed by atoms with Crippen LogP contribution in [0.4, 0.5) is 13.2 Å². The van der Waals surface area contributed by atoms with Gasteiger partial charge in [0.2, 0.25) is 0 Å². The van der Waals surface area contributed by atoms with Crippen molar-refractivity contribution >= 4 is 23.2 Å². The predicted molar refractivity (Wildman–Crippen MR) is 52.2 cm³/mol. The Bertz CT molecular complexity index is 331. The highest BCUT2D eigenvalue weighted by molar-refractivity contribution is 6.35. The number of aliphatic hydroxyl groups is 1. The van der Waals surface area contributed by atoms with Gasteiger partial charge in [-0.3, -0.25) is 0 Å². The number of benzene rings is 1. The molecule has 0 radical (unpaired) electrons. The van der Waals surface area contributed by atoms with Crippen LogP contribution >= 0.6 is 23.2 Å². The zero-order valence-electron chi connectivity index (χ0n) is 7.35. The molecule has 0 aromatic heterocycles. The van der Waals surface area contributed by atoms with E-state index >= 15 is 0 Å². The molecular formula is C9H7Cl2F3O. The average molecular weight is 259 g/mol. The summed E-state index contributed by atoms with van der Waals surface area (Å²) in [6, 6.07) is 4.37. The van der Waals surface area contributed by atoms with Gasteiger partial charge in [-0.1, -0.05) is 29.3 Å². The molecule has 0 saturated heterocycles. The van der Waals surface area contributed by atoms with E-state index in [0.717, 1.165) is 0 Å². The number of aliphatic hydroxyl groups excluding tert-OH is 1. The largest absolute Gasteiger partial charge is 0.414 e. The number of hydrogen-bond donors (Lipinski definition) is 1. The Morgan fingerprint density at radius 3 is 2.07 bits per heavy atom. The third-order valence-electron chi connectivity index (χ3n) is 1.84. The molecule has 0 bridgehead atoms. The summed E-state index contributed by atoms with van der Waals surface area (Å²) in [6.45, 7) is 0. The van der Waals surface area contributed by atoms with Crippen molar-refractivity contribution in [1.29, 1.82) is 0 Å². The molecule has 84 valence electrons. The Hall–Kier alpha value is -0.450. The molecule has 0 spiro atoms. The van der Waals surface area contributed by atoms with Gasteiger partial charge in [-0.2, -0.15) is 13.2 Å². The van der Waals surface area contributed by atoms with Crippen LogP contribution in [0.2, 0.25) is 10.0 Å². The van der Waals surface area contributed by atoms with E-state index in [2.05, 4.69) is 0 Å². The van der Waals surface area contributed by atoms with Gasteiger partial charge in [0.25, 0.3) is 0 Å². The molecule has 1 atom stereocenters. The molecular weight excluding hydrogens is 252 g/mol. The van der Waals surface area contributed by atoms with Gasteiger partial charge >= 0.3 is 6.18 Å². The first-order chi connectivity index (χ1) is 6.82. The highest BCUT2D eigenvalue weighted by atomic mass is 35.5. The first kappa shape index (κ1) is 12.6. The van der Waals surface area contributed by atoms with Gasteiger partial charge in [0, 0.05) is 16.5 Å². The van der Waals surface area contributed by atoms with E-state index in [1.807, 2.05) is 0 Å². The topological polar surface area (TPSA) is 20.2 Å². The minimum Gasteiger partial charge on any atom is -0.383 e. The number of alkyl halides is 3. The SMILES string of the molecule is OC(Cc1c(Cl)cccc1Cl)C(F)(F)F. The maximum atomic E-state index is 12.1. The molecule has 15 heavy (non-hydrogen) atoms. The zero-order chi connectivity index (χ0) is 11.6. The van der Waals surface area contributed by atoms with Crippen molar-refractivity contribution in [1.82, 2.24) is 0 Å². The van der Waals surface area contributed by atoms with Crippen molar-refractivity contribution in [2.75, 3.05) is 0 Å². The molecule has 6 heteroatoms. The van der Waals surface area contributed by atoms with Crippen molar-refractivity contribution < 1.29 is 18.3 Å². The quantitative estimate of drug-likeness (QED) is 0.862. The van der Waals surface area contributed by atoms with E-state index in [4.69, 9.17) is 28.3 Å². The average Bonchev–Trinajstić information content (AvgIpc) is 2.09. The zero-order valence-corrected chi connectivity index (χ0v) is 8.87. The molecule has 1 aromatic carbocycles. The van der Waals surface area contributed by atoms with Gasteiger partial charge < -0.3 is 5.11 Å². The second-order valence-corrected chi connectivity index (χ2v) is 3.78. The smallest absolute Gasteiger partial charge is 0.383 e. The Morgan fingerprint density at radius 2 is 1.67 bits per heavy atom. The summed E-state index contributed by atoms with van der Waals surface area (Å²) < 4.78 is 36.2. The second-order valence-electron chi connectivity index (χ2n) is 2.96. The minimum atomic E-state index is -4.66.